The third kappa shape index (κ3) is 238. The van der Waals surface area contributed by atoms with E-state index < -0.39 is 13.0 Å². The normalized spacial score (nSPS) is 9.50. The summed E-state index contributed by atoms with van der Waals surface area (Å²) in [6.07, 6.45) is 0. The van der Waals surface area contributed by atoms with Crippen LogP contribution in [0.2, 0.25) is 0 Å². The zero-order chi connectivity index (χ0) is 4.50. The first-order valence-electron chi connectivity index (χ1n) is 0.632. The molecule has 4 nitrogen and oxygen atoms in total. The topological polar surface area (TPSA) is 71.4 Å². The van der Waals surface area contributed by atoms with Crippen molar-refractivity contribution in [2.45, 2.75) is 0 Å². The van der Waals surface area contributed by atoms with Crippen LogP contribution in [0.4, 0.5) is 0 Å². The molecule has 0 saturated carbocycles. The number of rotatable bonds is 0. The second-order valence-electron chi connectivity index (χ2n) is 0.396. The van der Waals surface area contributed by atoms with Gasteiger partial charge in [-0.05, 0) is 0 Å². The van der Waals surface area contributed by atoms with E-state index in [-0.39, 0.29) is 20.3 Å². The molecule has 0 unspecified atom stereocenters. The molecule has 0 spiro atoms. The molecule has 0 fully saturated rings. The van der Waals surface area contributed by atoms with E-state index in [2.05, 4.69) is 0 Å². The Labute approximate surface area is 49.4 Å². The quantitative estimate of drug-likeness (QED) is 0.339. The van der Waals surface area contributed by atoms with Gasteiger partial charge in [-0.3, -0.25) is 0 Å². The van der Waals surface area contributed by atoms with Gasteiger partial charge in [-0.25, -0.2) is 0 Å². The third-order valence-electron chi connectivity index (χ3n) is 0. The Bertz CT molecular complexity index is 133. The predicted octanol–water partition coefficient (Wildman–Crippen LogP) is -3.80. The molecule has 34 valence electrons. The molecule has 0 radical (unpaired) electrons. The van der Waals surface area contributed by atoms with Crippen LogP contribution in [0.5, 0.6) is 0 Å². The molecule has 0 aromatic heterocycles. The fraction of sp³-hybridized carbons (Fsp3) is 0. The first kappa shape index (κ1) is 9.69. The minimum absolute atomic E-state index is 0. The van der Waals surface area contributed by atoms with Crippen molar-refractivity contribution in [3.05, 3.63) is 0 Å². The summed E-state index contributed by atoms with van der Waals surface area (Å²) in [5, 5.41) is 0. The molecular formula is H2LiMnO4. The molecular weight excluding hydrogens is 126 g/mol. The minimum atomic E-state index is -5.38. The van der Waals surface area contributed by atoms with Gasteiger partial charge in [-0.1, -0.05) is 0 Å². The first-order valence-corrected chi connectivity index (χ1v) is 2.61. The molecule has 0 aromatic rings. The van der Waals surface area contributed by atoms with Gasteiger partial charge in [-0.2, -0.15) is 0 Å². The Morgan fingerprint density at radius 2 is 1.33 bits per heavy atom. The molecule has 0 amide bonds. The Hall–Kier alpha value is 0.477. The fourth-order valence-corrected chi connectivity index (χ4v) is 0. The standard InChI is InChI=1S/Li.Mn.H2O.3O.H/h;;1H2;;;;/q2*+1;;;;;-1/p-1. The van der Waals surface area contributed by atoms with Crippen molar-refractivity contribution >= 4 is 0 Å². The fourth-order valence-electron chi connectivity index (χ4n) is 0. The SMILES string of the molecule is [H-].[Li+].[O]=[Mn](=[O])(=[O])[OH]. The average Bonchev–Trinajstić information content (AvgIpc) is 0.722. The average molecular weight is 128 g/mol. The first-order chi connectivity index (χ1) is 2.00. The predicted molar refractivity (Wildman–Crippen MR) is 5.39 cm³/mol. The Balaban J connectivity index is -0.0000000800. The van der Waals surface area contributed by atoms with Crippen LogP contribution in [0.15, 0.2) is 0 Å². The van der Waals surface area contributed by atoms with Crippen LogP contribution in [-0.4, -0.2) is 4.19 Å². The van der Waals surface area contributed by atoms with Crippen molar-refractivity contribution in [2.75, 3.05) is 0 Å². The monoisotopic (exact) mass is 128 g/mol. The van der Waals surface area contributed by atoms with Gasteiger partial charge < -0.3 is 1.43 Å². The van der Waals surface area contributed by atoms with E-state index in [9.17, 15) is 0 Å². The van der Waals surface area contributed by atoms with Crippen LogP contribution in [0.25, 0.3) is 0 Å². The van der Waals surface area contributed by atoms with Crippen LogP contribution in [0.3, 0.4) is 0 Å². The maximum absolute atomic E-state index is 8.69. The molecule has 0 atom stereocenters. The molecule has 0 aliphatic heterocycles. The molecule has 6 heteroatoms. The Kier molecular flexibility index (Phi) is 4.23. The van der Waals surface area contributed by atoms with Crippen molar-refractivity contribution in [3.8, 4) is 0 Å². The van der Waals surface area contributed by atoms with E-state index in [4.69, 9.17) is 15.7 Å². The number of hydrogen-bond donors (Lipinski definition) is 1. The summed E-state index contributed by atoms with van der Waals surface area (Å²) < 4.78 is 33.1. The van der Waals surface area contributed by atoms with Crippen LogP contribution in [-0.2, 0) is 24.5 Å². The molecule has 0 rings (SSSR count). The van der Waals surface area contributed by atoms with Crippen LogP contribution in [0, 0.1) is 0 Å². The van der Waals surface area contributed by atoms with Gasteiger partial charge in [0.15, 0.2) is 0 Å². The van der Waals surface area contributed by atoms with Crippen LogP contribution < -0.4 is 18.9 Å². The molecule has 0 aliphatic carbocycles. The molecule has 0 aromatic carbocycles. The summed E-state index contributed by atoms with van der Waals surface area (Å²) >= 11 is -5.38. The van der Waals surface area contributed by atoms with E-state index in [1.165, 1.54) is 0 Å². The van der Waals surface area contributed by atoms with Crippen molar-refractivity contribution in [3.63, 3.8) is 0 Å². The molecule has 0 bridgehead atoms. The molecule has 0 heterocycles. The van der Waals surface area contributed by atoms with E-state index in [0.29, 0.717) is 0 Å². The second kappa shape index (κ2) is 2.62. The summed E-state index contributed by atoms with van der Waals surface area (Å²) in [4.78, 5) is 0. The number of hydrogen-bond acceptors (Lipinski definition) is 3. The van der Waals surface area contributed by atoms with Gasteiger partial charge >= 0.3 is 47.5 Å². The van der Waals surface area contributed by atoms with Gasteiger partial charge in [0.2, 0.25) is 0 Å². The van der Waals surface area contributed by atoms with E-state index in [1.807, 2.05) is 0 Å². The maximum atomic E-state index is 8.69. The van der Waals surface area contributed by atoms with Crippen LogP contribution >= 0.6 is 0 Å². The second-order valence-corrected chi connectivity index (χ2v) is 1.63. The summed E-state index contributed by atoms with van der Waals surface area (Å²) in [6, 6.07) is 0. The van der Waals surface area contributed by atoms with E-state index in [1.54, 1.807) is 0 Å². The summed E-state index contributed by atoms with van der Waals surface area (Å²) in [6.45, 7) is 0. The van der Waals surface area contributed by atoms with Gasteiger partial charge in [-0.15, -0.1) is 0 Å². The van der Waals surface area contributed by atoms with Gasteiger partial charge in [0.25, 0.3) is 0 Å². The molecule has 0 saturated heterocycles. The van der Waals surface area contributed by atoms with E-state index in [0.717, 1.165) is 0 Å². The molecule has 0 aliphatic rings. The summed E-state index contributed by atoms with van der Waals surface area (Å²) in [7, 11) is 0. The molecule has 6 heavy (non-hydrogen) atoms. The third-order valence-corrected chi connectivity index (χ3v) is 0. The Morgan fingerprint density at radius 1 is 1.33 bits per heavy atom. The van der Waals surface area contributed by atoms with Gasteiger partial charge in [0.1, 0.15) is 0 Å². The van der Waals surface area contributed by atoms with Crippen molar-refractivity contribution < 1.29 is 49.0 Å². The van der Waals surface area contributed by atoms with Crippen molar-refractivity contribution in [1.82, 2.24) is 0 Å². The van der Waals surface area contributed by atoms with Crippen molar-refractivity contribution in [1.29, 1.82) is 0 Å². The zero-order valence-corrected chi connectivity index (χ0v) is 4.23. The Morgan fingerprint density at radius 3 is 1.33 bits per heavy atom. The van der Waals surface area contributed by atoms with Gasteiger partial charge in [0, 0.05) is 0 Å². The zero-order valence-electron chi connectivity index (χ0n) is 4.05. The summed E-state index contributed by atoms with van der Waals surface area (Å²) in [5.74, 6) is 0. The van der Waals surface area contributed by atoms with E-state index >= 15 is 0 Å². The van der Waals surface area contributed by atoms with Crippen LogP contribution in [0.1, 0.15) is 1.43 Å². The van der Waals surface area contributed by atoms with Gasteiger partial charge in [0.05, 0.1) is 0 Å². The molecule has 1 N–H and O–H groups in total. The summed E-state index contributed by atoms with van der Waals surface area (Å²) in [5.41, 5.74) is 0. The van der Waals surface area contributed by atoms with Crippen molar-refractivity contribution in [2.24, 2.45) is 0 Å².